The number of unbranched alkanes of at least 4 members (excludes halogenated alkanes) is 3. The Morgan fingerprint density at radius 1 is 1.43 bits per heavy atom. The Labute approximate surface area is 140 Å². The van der Waals surface area contributed by atoms with Crippen molar-refractivity contribution < 1.29 is 23.9 Å². The number of nitrogens with zero attached hydrogens (tertiary/aromatic N) is 1. The van der Waals surface area contributed by atoms with E-state index in [2.05, 4.69) is 18.8 Å². The van der Waals surface area contributed by atoms with Gasteiger partial charge >= 0.3 is 6.09 Å². The molecule has 2 amide bonds. The number of fused-ring (bicyclic) bond motifs is 1. The first-order chi connectivity index (χ1) is 10.9. The molecule has 2 aliphatic rings. The number of rotatable bonds is 4. The first-order valence-electron chi connectivity index (χ1n) is 7.72. The van der Waals surface area contributed by atoms with Crippen molar-refractivity contribution in [2.45, 2.75) is 63.9 Å². The number of hydrogen-bond acceptors (Lipinski definition) is 5. The van der Waals surface area contributed by atoms with Crippen LogP contribution in [0, 0.1) is 11.8 Å². The van der Waals surface area contributed by atoms with Crippen LogP contribution >= 0.6 is 11.6 Å². The molecule has 0 aromatic carbocycles. The molecule has 7 heteroatoms. The summed E-state index contributed by atoms with van der Waals surface area (Å²) in [6.07, 6.45) is 1.97. The highest BCUT2D eigenvalue weighted by Crippen LogP contribution is 2.34. The lowest BCUT2D eigenvalue weighted by molar-refractivity contribution is -0.187. The van der Waals surface area contributed by atoms with Crippen molar-refractivity contribution in [2.24, 2.45) is 0 Å². The molecule has 6 nitrogen and oxygen atoms in total. The predicted octanol–water partition coefficient (Wildman–Crippen LogP) is 2.23. The van der Waals surface area contributed by atoms with E-state index in [9.17, 15) is 14.4 Å². The number of imide groups is 1. The molecule has 2 rings (SSSR count). The molecular weight excluding hydrogens is 322 g/mol. The van der Waals surface area contributed by atoms with Gasteiger partial charge in [-0.15, -0.1) is 11.6 Å². The number of halogens is 1. The molecule has 0 bridgehead atoms. The molecule has 2 aliphatic heterocycles. The van der Waals surface area contributed by atoms with Crippen molar-refractivity contribution in [1.82, 2.24) is 4.90 Å². The molecule has 0 aliphatic carbocycles. The standard InChI is InChI=1S/C16H20ClNO5/c1-3-4-5-6-7-8-16(2)12(19)9-11-14(23-16)22-15(21)18(11)13(20)10-17/h11,14H,3-6,9-10H2,1-2H3/t11-,14+,16+/m1/s1. The van der Waals surface area contributed by atoms with E-state index >= 15 is 0 Å². The maximum absolute atomic E-state index is 12.4. The number of carbonyl (C=O) groups excluding carboxylic acids is 3. The zero-order valence-electron chi connectivity index (χ0n) is 13.3. The maximum Gasteiger partial charge on any atom is 0.419 e. The summed E-state index contributed by atoms with van der Waals surface area (Å²) >= 11 is 5.48. The minimum Gasteiger partial charge on any atom is -0.417 e. The lowest BCUT2D eigenvalue weighted by Gasteiger charge is -2.34. The summed E-state index contributed by atoms with van der Waals surface area (Å²) in [5, 5.41) is 0. The van der Waals surface area contributed by atoms with Gasteiger partial charge in [-0.05, 0) is 13.3 Å². The fourth-order valence-electron chi connectivity index (χ4n) is 2.61. The number of ether oxygens (including phenoxy) is 2. The van der Waals surface area contributed by atoms with Gasteiger partial charge in [0.1, 0.15) is 11.9 Å². The first-order valence-corrected chi connectivity index (χ1v) is 8.26. The van der Waals surface area contributed by atoms with E-state index in [1.54, 1.807) is 6.92 Å². The highest BCUT2D eigenvalue weighted by Gasteiger charge is 2.55. The van der Waals surface area contributed by atoms with E-state index in [1.165, 1.54) is 0 Å². The van der Waals surface area contributed by atoms with Crippen molar-refractivity contribution in [2.75, 3.05) is 5.88 Å². The molecule has 3 atom stereocenters. The average Bonchev–Trinajstić information content (AvgIpc) is 2.81. The number of amides is 2. The third kappa shape index (κ3) is 3.67. The van der Waals surface area contributed by atoms with E-state index in [1.807, 2.05) is 0 Å². The Morgan fingerprint density at radius 2 is 2.17 bits per heavy atom. The first kappa shape index (κ1) is 17.8. The van der Waals surface area contributed by atoms with E-state index in [0.717, 1.165) is 24.2 Å². The highest BCUT2D eigenvalue weighted by atomic mass is 35.5. The summed E-state index contributed by atoms with van der Waals surface area (Å²) in [6, 6.07) is -0.767. The molecular formula is C16H20ClNO5. The van der Waals surface area contributed by atoms with Gasteiger partial charge in [0, 0.05) is 12.8 Å². The number of hydrogen-bond donors (Lipinski definition) is 0. The summed E-state index contributed by atoms with van der Waals surface area (Å²) in [5.41, 5.74) is -1.31. The van der Waals surface area contributed by atoms with Gasteiger partial charge in [-0.3, -0.25) is 9.59 Å². The number of carbonyl (C=O) groups is 3. The van der Waals surface area contributed by atoms with Crippen LogP contribution in [0.4, 0.5) is 4.79 Å². The third-order valence-electron chi connectivity index (χ3n) is 3.95. The second-order valence-electron chi connectivity index (χ2n) is 5.75. The molecule has 0 saturated carbocycles. The van der Waals surface area contributed by atoms with Crippen molar-refractivity contribution in [1.29, 1.82) is 0 Å². The number of Topliss-reactive ketones (excluding diaryl/α,β-unsaturated/α-hetero) is 1. The van der Waals surface area contributed by atoms with Gasteiger partial charge < -0.3 is 9.47 Å². The Bertz CT molecular complexity index is 567. The minimum atomic E-state index is -1.31. The predicted molar refractivity (Wildman–Crippen MR) is 82.7 cm³/mol. The topological polar surface area (TPSA) is 72.9 Å². The van der Waals surface area contributed by atoms with Crippen LogP contribution in [0.1, 0.15) is 46.0 Å². The average molecular weight is 342 g/mol. The highest BCUT2D eigenvalue weighted by molar-refractivity contribution is 6.28. The van der Waals surface area contributed by atoms with Gasteiger partial charge in [0.25, 0.3) is 0 Å². The quantitative estimate of drug-likeness (QED) is 0.445. The van der Waals surface area contributed by atoms with Gasteiger partial charge in [0.15, 0.2) is 11.4 Å². The van der Waals surface area contributed by atoms with Crippen LogP contribution in [-0.2, 0) is 19.1 Å². The van der Waals surface area contributed by atoms with Crippen LogP contribution in [0.25, 0.3) is 0 Å². The second kappa shape index (κ2) is 7.33. The van der Waals surface area contributed by atoms with Crippen molar-refractivity contribution >= 4 is 29.4 Å². The lowest BCUT2D eigenvalue weighted by atomic mass is 9.91. The van der Waals surface area contributed by atoms with Gasteiger partial charge in [-0.2, -0.15) is 0 Å². The minimum absolute atomic E-state index is 0.0425. The van der Waals surface area contributed by atoms with Crippen LogP contribution in [0.15, 0.2) is 0 Å². The van der Waals surface area contributed by atoms with Crippen LogP contribution < -0.4 is 0 Å². The molecule has 0 unspecified atom stereocenters. The summed E-state index contributed by atoms with van der Waals surface area (Å²) in [4.78, 5) is 36.7. The lowest BCUT2D eigenvalue weighted by Crippen LogP contribution is -2.54. The number of ketones is 1. The molecule has 0 radical (unpaired) electrons. The van der Waals surface area contributed by atoms with Crippen molar-refractivity contribution in [3.8, 4) is 11.8 Å². The fourth-order valence-corrected chi connectivity index (χ4v) is 2.74. The maximum atomic E-state index is 12.4. The second-order valence-corrected chi connectivity index (χ2v) is 6.02. The summed E-state index contributed by atoms with van der Waals surface area (Å²) in [5.74, 6) is 4.58. The largest absolute Gasteiger partial charge is 0.419 e. The van der Waals surface area contributed by atoms with E-state index in [-0.39, 0.29) is 18.1 Å². The molecule has 0 aromatic rings. The Kier molecular flexibility index (Phi) is 5.66. The number of alkyl halides is 1. The summed E-state index contributed by atoms with van der Waals surface area (Å²) in [6.45, 7) is 3.67. The fraction of sp³-hybridized carbons (Fsp3) is 0.688. The van der Waals surface area contributed by atoms with E-state index < -0.39 is 29.9 Å². The van der Waals surface area contributed by atoms with Crippen molar-refractivity contribution in [3.05, 3.63) is 0 Å². The Hall–Kier alpha value is -1.58. The van der Waals surface area contributed by atoms with Gasteiger partial charge in [0.05, 0.1) is 0 Å². The van der Waals surface area contributed by atoms with Gasteiger partial charge in [0.2, 0.25) is 12.2 Å². The molecule has 2 heterocycles. The normalized spacial score (nSPS) is 29.6. The van der Waals surface area contributed by atoms with E-state index in [4.69, 9.17) is 21.1 Å². The van der Waals surface area contributed by atoms with Crippen LogP contribution in [0.2, 0.25) is 0 Å². The van der Waals surface area contributed by atoms with Crippen molar-refractivity contribution in [3.63, 3.8) is 0 Å². The molecule has 0 spiro atoms. The zero-order chi connectivity index (χ0) is 17.0. The third-order valence-corrected chi connectivity index (χ3v) is 4.18. The van der Waals surface area contributed by atoms with Gasteiger partial charge in [-0.1, -0.05) is 31.6 Å². The summed E-state index contributed by atoms with van der Waals surface area (Å²) in [7, 11) is 0. The molecule has 0 N–H and O–H groups in total. The molecule has 23 heavy (non-hydrogen) atoms. The monoisotopic (exact) mass is 341 g/mol. The molecule has 2 saturated heterocycles. The molecule has 126 valence electrons. The SMILES string of the molecule is CCCCCC#C[C@]1(C)O[C@@H]2OC(=O)N(C(=O)CCl)[C@@H]2CC1=O. The Morgan fingerprint density at radius 3 is 2.83 bits per heavy atom. The Balaban J connectivity index is 2.08. The molecule has 0 aromatic heterocycles. The van der Waals surface area contributed by atoms with E-state index in [0.29, 0.717) is 6.42 Å². The van der Waals surface area contributed by atoms with Gasteiger partial charge in [-0.25, -0.2) is 9.69 Å². The molecule has 2 fully saturated rings. The summed E-state index contributed by atoms with van der Waals surface area (Å²) < 4.78 is 10.7. The van der Waals surface area contributed by atoms with Crippen LogP contribution in [0.5, 0.6) is 0 Å². The zero-order valence-corrected chi connectivity index (χ0v) is 14.0. The van der Waals surface area contributed by atoms with Crippen LogP contribution in [0.3, 0.4) is 0 Å². The smallest absolute Gasteiger partial charge is 0.417 e. The van der Waals surface area contributed by atoms with Crippen LogP contribution in [-0.4, -0.2) is 46.5 Å².